The molecule has 0 aliphatic carbocycles. The Balaban J connectivity index is -0.000000207. The van der Waals surface area contributed by atoms with Crippen LogP contribution < -0.4 is 10.2 Å². The molecule has 0 spiro atoms. The van der Waals surface area contributed by atoms with Gasteiger partial charge in [-0.2, -0.15) is 0 Å². The Bertz CT molecular complexity index is 932. The summed E-state index contributed by atoms with van der Waals surface area (Å²) in [7, 11) is -8.97. The van der Waals surface area contributed by atoms with Crippen molar-refractivity contribution < 1.29 is 95.9 Å². The van der Waals surface area contributed by atoms with E-state index in [1.54, 1.807) is 0 Å². The number of rotatable bonds is 34. The van der Waals surface area contributed by atoms with Crippen molar-refractivity contribution >= 4 is 32.7 Å². The Labute approximate surface area is 372 Å². The standard InChI is InChI=1S/2C12H26O4S.2C8H16O2.Ce/c2*1-2-3-4-5-6-7-8-9-10-11-12-16-17(13,14)15;2*1-3-5-6-7(4-2)8(9)10;/h2*2-12H2,1H3,(H,13,14,15);2*7H,3-6H2,1-2H3,(H,9,10);/q;;;;+4/p-4. The third kappa shape index (κ3) is 63.4. The molecule has 0 bridgehead atoms. The van der Waals surface area contributed by atoms with Crippen molar-refractivity contribution in [2.45, 2.75) is 221 Å². The zero-order valence-corrected chi connectivity index (χ0v) is 40.4. The number of carboxylic acid groups (broad SMARTS) is 2. The van der Waals surface area contributed by atoms with Crippen molar-refractivity contribution in [3.05, 3.63) is 0 Å². The van der Waals surface area contributed by atoms with Gasteiger partial charge in [0.1, 0.15) is 0 Å². The maximum absolute atomic E-state index is 10.3. The van der Waals surface area contributed by atoms with Gasteiger partial charge < -0.3 is 28.9 Å². The molecule has 0 amide bonds. The summed E-state index contributed by atoms with van der Waals surface area (Å²) < 4.78 is 68.9. The Morgan fingerprint density at radius 3 is 0.818 bits per heavy atom. The quantitative estimate of drug-likeness (QED) is 0.0337. The van der Waals surface area contributed by atoms with Gasteiger partial charge in [0.15, 0.2) is 0 Å². The van der Waals surface area contributed by atoms with Crippen molar-refractivity contribution in [1.82, 2.24) is 0 Å². The number of carbonyl (C=O) groups is 2. The van der Waals surface area contributed by atoms with Gasteiger partial charge in [-0.3, -0.25) is 8.37 Å². The van der Waals surface area contributed by atoms with Crippen LogP contribution >= 0.6 is 0 Å². The molecule has 328 valence electrons. The molecule has 15 heteroatoms. The number of carbonyl (C=O) groups excluding carboxylic acids is 2. The van der Waals surface area contributed by atoms with Gasteiger partial charge in [-0.1, -0.05) is 183 Å². The molecule has 0 radical (unpaired) electrons. The molecule has 0 aromatic heterocycles. The third-order valence-electron chi connectivity index (χ3n) is 8.92. The van der Waals surface area contributed by atoms with E-state index in [-0.39, 0.29) is 66.8 Å². The number of aliphatic carboxylic acids is 2. The Kier molecular flexibility index (Phi) is 56.5. The van der Waals surface area contributed by atoms with Crippen LogP contribution in [0.1, 0.15) is 221 Å². The van der Waals surface area contributed by atoms with Gasteiger partial charge in [-0.25, -0.2) is 16.8 Å². The summed E-state index contributed by atoms with van der Waals surface area (Å²) >= 11 is 0. The van der Waals surface area contributed by atoms with Gasteiger partial charge in [0.2, 0.25) is 20.8 Å². The average Bonchev–Trinajstić information content (AvgIpc) is 3.10. The number of carboxylic acids is 2. The number of unbranched alkanes of at least 4 members (excludes halogenated alkanes) is 20. The molecule has 0 fully saturated rings. The first kappa shape index (κ1) is 64.2. The van der Waals surface area contributed by atoms with E-state index in [1.807, 2.05) is 13.8 Å². The van der Waals surface area contributed by atoms with E-state index in [0.29, 0.717) is 25.7 Å². The second-order valence-corrected chi connectivity index (χ2v) is 16.1. The minimum atomic E-state index is -4.48. The Morgan fingerprint density at radius 1 is 0.418 bits per heavy atom. The third-order valence-corrected chi connectivity index (χ3v) is 9.83. The van der Waals surface area contributed by atoms with Crippen molar-refractivity contribution in [3.63, 3.8) is 0 Å². The molecule has 0 aliphatic rings. The average molecular weight is 957 g/mol. The van der Waals surface area contributed by atoms with E-state index >= 15 is 0 Å². The zero-order chi connectivity index (χ0) is 41.9. The van der Waals surface area contributed by atoms with Crippen molar-refractivity contribution in [2.75, 3.05) is 13.2 Å². The normalized spacial score (nSPS) is 12.1. The van der Waals surface area contributed by atoms with Crippen LogP contribution in [0.2, 0.25) is 0 Å². The maximum atomic E-state index is 10.3. The van der Waals surface area contributed by atoms with Gasteiger partial charge in [0, 0.05) is 11.9 Å². The van der Waals surface area contributed by atoms with Crippen LogP contribution in [0.4, 0.5) is 0 Å². The van der Waals surface area contributed by atoms with Crippen LogP contribution in [0.5, 0.6) is 0 Å². The molecule has 0 rings (SSSR count). The van der Waals surface area contributed by atoms with E-state index in [4.69, 9.17) is 0 Å². The molecule has 0 saturated heterocycles. The molecule has 0 aromatic rings. The Morgan fingerprint density at radius 2 is 0.636 bits per heavy atom. The van der Waals surface area contributed by atoms with Gasteiger partial charge in [0.05, 0.1) is 13.2 Å². The molecular weight excluding hydrogens is 877 g/mol. The van der Waals surface area contributed by atoms with Crippen LogP contribution in [0.3, 0.4) is 0 Å². The van der Waals surface area contributed by atoms with E-state index < -0.39 is 32.7 Å². The van der Waals surface area contributed by atoms with Gasteiger partial charge >= 0.3 is 41.7 Å². The molecule has 0 heterocycles. The van der Waals surface area contributed by atoms with Crippen LogP contribution in [0, 0.1) is 53.6 Å². The maximum Gasteiger partial charge on any atom is 4.00 e. The van der Waals surface area contributed by atoms with E-state index in [2.05, 4.69) is 36.1 Å². The second-order valence-electron chi connectivity index (χ2n) is 14.0. The fourth-order valence-electron chi connectivity index (χ4n) is 5.38. The molecule has 0 saturated carbocycles. The fourth-order valence-corrected chi connectivity index (χ4v) is 6.02. The van der Waals surface area contributed by atoms with Gasteiger partial charge in [0.25, 0.3) is 0 Å². The predicted octanol–water partition coefficient (Wildman–Crippen LogP) is 8.67. The largest absolute Gasteiger partial charge is 4.00 e. The summed E-state index contributed by atoms with van der Waals surface area (Å²) in [5.41, 5.74) is 0. The fraction of sp³-hybridized carbons (Fsp3) is 0.950. The summed E-state index contributed by atoms with van der Waals surface area (Å²) in [5.74, 6) is -2.23. The van der Waals surface area contributed by atoms with E-state index in [1.165, 1.54) is 89.9 Å². The van der Waals surface area contributed by atoms with Crippen LogP contribution in [0.15, 0.2) is 0 Å². The first-order valence-electron chi connectivity index (χ1n) is 21.2. The van der Waals surface area contributed by atoms with E-state index in [0.717, 1.165) is 64.2 Å². The molecule has 0 aromatic carbocycles. The summed E-state index contributed by atoms with van der Waals surface area (Å²) in [6.07, 6.45) is 30.4. The first-order valence-corrected chi connectivity index (χ1v) is 23.8. The smallest absolute Gasteiger partial charge is 0.726 e. The molecule has 2 atom stereocenters. The van der Waals surface area contributed by atoms with Crippen LogP contribution in [-0.2, 0) is 38.8 Å². The predicted molar refractivity (Wildman–Crippen MR) is 212 cm³/mol. The first-order chi connectivity index (χ1) is 25.6. The summed E-state index contributed by atoms with van der Waals surface area (Å²) in [6.45, 7) is 12.4. The second kappa shape index (κ2) is 48.4. The molecule has 2 unspecified atom stereocenters. The molecule has 0 N–H and O–H groups in total. The zero-order valence-electron chi connectivity index (χ0n) is 35.6. The SMILES string of the molecule is CCCCC(CC)C(=O)[O-].CCCCC(CC)C(=O)[O-].CCCCCCCCCCCCOS(=O)(=O)[O-].CCCCCCCCCCCCOS(=O)(=O)[O-].[Ce+4]. The van der Waals surface area contributed by atoms with E-state index in [9.17, 15) is 45.7 Å². The minimum absolute atomic E-state index is 0. The van der Waals surface area contributed by atoms with Crippen molar-refractivity contribution in [1.29, 1.82) is 0 Å². The molecule has 12 nitrogen and oxygen atoms in total. The summed E-state index contributed by atoms with van der Waals surface area (Å²) in [6, 6.07) is 0. The van der Waals surface area contributed by atoms with Gasteiger partial charge in [-0.15, -0.1) is 0 Å². The molecule has 55 heavy (non-hydrogen) atoms. The monoisotopic (exact) mass is 956 g/mol. The van der Waals surface area contributed by atoms with Crippen LogP contribution in [-0.4, -0.2) is 51.1 Å². The van der Waals surface area contributed by atoms with Crippen molar-refractivity contribution in [3.8, 4) is 0 Å². The number of hydrogen-bond acceptors (Lipinski definition) is 12. The summed E-state index contributed by atoms with van der Waals surface area (Å²) in [5, 5.41) is 20.7. The number of hydrogen-bond donors (Lipinski definition) is 0. The summed E-state index contributed by atoms with van der Waals surface area (Å²) in [4.78, 5) is 20.7. The van der Waals surface area contributed by atoms with Crippen molar-refractivity contribution in [2.24, 2.45) is 11.8 Å². The Hall–Kier alpha value is 0.0566. The minimum Gasteiger partial charge on any atom is -0.726 e. The van der Waals surface area contributed by atoms with Crippen LogP contribution in [0.25, 0.3) is 0 Å². The van der Waals surface area contributed by atoms with Gasteiger partial charge in [-0.05, 0) is 50.4 Å². The molecular formula is C40H80CeO12S2. The molecule has 0 aliphatic heterocycles. The topological polar surface area (TPSA) is 213 Å².